The lowest BCUT2D eigenvalue weighted by molar-refractivity contribution is -0.120. The largest absolute Gasteiger partial charge is 0.346 e. The molecule has 0 unspecified atom stereocenters. The van der Waals surface area contributed by atoms with Crippen molar-refractivity contribution in [2.45, 2.75) is 19.7 Å². The minimum absolute atomic E-state index is 0.410. The van der Waals surface area contributed by atoms with Crippen LogP contribution < -0.4 is 0 Å². The van der Waals surface area contributed by atoms with Gasteiger partial charge in [-0.1, -0.05) is 6.82 Å². The molecular formula is C6H11BNO. The summed E-state index contributed by atoms with van der Waals surface area (Å²) in [5.41, 5.74) is 0. The number of ketones is 1. The van der Waals surface area contributed by atoms with Crippen molar-refractivity contribution >= 4 is 13.2 Å². The quantitative estimate of drug-likeness (QED) is 0.469. The topological polar surface area (TPSA) is 20.3 Å². The Labute approximate surface area is 56.5 Å². The molecule has 0 aromatic heterocycles. The van der Waals surface area contributed by atoms with Crippen LogP contribution in [-0.2, 0) is 4.79 Å². The van der Waals surface area contributed by atoms with Crippen molar-refractivity contribution in [3.05, 3.63) is 0 Å². The minimum atomic E-state index is 0.410. The monoisotopic (exact) mass is 124 g/mol. The first kappa shape index (κ1) is 6.81. The maximum absolute atomic E-state index is 10.7. The summed E-state index contributed by atoms with van der Waals surface area (Å²) in [6.45, 7) is 3.86. The Kier molecular flexibility index (Phi) is 2.28. The van der Waals surface area contributed by atoms with Gasteiger partial charge < -0.3 is 4.81 Å². The average Bonchev–Trinajstić information content (AvgIpc) is 1.90. The molecule has 0 aromatic carbocycles. The predicted molar refractivity (Wildman–Crippen MR) is 37.4 cm³/mol. The van der Waals surface area contributed by atoms with Crippen molar-refractivity contribution in [1.82, 2.24) is 4.81 Å². The zero-order chi connectivity index (χ0) is 6.69. The van der Waals surface area contributed by atoms with Gasteiger partial charge >= 0.3 is 0 Å². The molecule has 49 valence electrons. The molecule has 1 aliphatic heterocycles. The van der Waals surface area contributed by atoms with E-state index in [9.17, 15) is 4.79 Å². The molecule has 0 N–H and O–H groups in total. The Morgan fingerprint density at radius 3 is 2.44 bits per heavy atom. The highest BCUT2D eigenvalue weighted by Crippen LogP contribution is 2.02. The third-order valence-corrected chi connectivity index (χ3v) is 1.72. The maximum atomic E-state index is 10.7. The van der Waals surface area contributed by atoms with Gasteiger partial charge in [0.2, 0.25) is 7.41 Å². The van der Waals surface area contributed by atoms with Gasteiger partial charge in [0.05, 0.1) is 0 Å². The Morgan fingerprint density at radius 2 is 2.00 bits per heavy atom. The molecule has 2 nitrogen and oxygen atoms in total. The summed E-state index contributed by atoms with van der Waals surface area (Å²) in [6.07, 6.45) is 1.48. The van der Waals surface area contributed by atoms with Gasteiger partial charge in [0.1, 0.15) is 5.78 Å². The van der Waals surface area contributed by atoms with Crippen LogP contribution in [0.25, 0.3) is 0 Å². The molecule has 1 aliphatic rings. The van der Waals surface area contributed by atoms with Crippen LogP contribution >= 0.6 is 0 Å². The van der Waals surface area contributed by atoms with Gasteiger partial charge in [-0.3, -0.25) is 4.79 Å². The third-order valence-electron chi connectivity index (χ3n) is 1.72. The summed E-state index contributed by atoms with van der Waals surface area (Å²) < 4.78 is 0. The van der Waals surface area contributed by atoms with E-state index < -0.39 is 0 Å². The second kappa shape index (κ2) is 3.02. The van der Waals surface area contributed by atoms with Gasteiger partial charge in [0.25, 0.3) is 0 Å². The lowest BCUT2D eigenvalue weighted by Crippen LogP contribution is -2.35. The number of carbonyl (C=O) groups excluding carboxylic acids is 1. The van der Waals surface area contributed by atoms with E-state index in [4.69, 9.17) is 0 Å². The molecule has 0 aliphatic carbocycles. The van der Waals surface area contributed by atoms with E-state index in [0.717, 1.165) is 25.9 Å². The number of hydrogen-bond acceptors (Lipinski definition) is 2. The summed E-state index contributed by atoms with van der Waals surface area (Å²) >= 11 is 0. The normalized spacial score (nSPS) is 22.1. The van der Waals surface area contributed by atoms with Crippen LogP contribution in [0.5, 0.6) is 0 Å². The van der Waals surface area contributed by atoms with Crippen LogP contribution in [-0.4, -0.2) is 31.1 Å². The number of Topliss-reactive ketones (excluding diaryl/α,β-unsaturated/α-hetero) is 1. The van der Waals surface area contributed by atoms with Gasteiger partial charge in [0, 0.05) is 12.8 Å². The van der Waals surface area contributed by atoms with E-state index in [1.165, 1.54) is 0 Å². The van der Waals surface area contributed by atoms with Crippen molar-refractivity contribution in [3.8, 4) is 0 Å². The molecule has 0 saturated carbocycles. The van der Waals surface area contributed by atoms with E-state index >= 15 is 0 Å². The van der Waals surface area contributed by atoms with Crippen LogP contribution in [0.15, 0.2) is 0 Å². The lowest BCUT2D eigenvalue weighted by Gasteiger charge is -2.23. The molecular weight excluding hydrogens is 113 g/mol. The van der Waals surface area contributed by atoms with E-state index in [1.54, 1.807) is 0 Å². The summed E-state index contributed by atoms with van der Waals surface area (Å²) in [6, 6.07) is 0. The highest BCUT2D eigenvalue weighted by atomic mass is 16.1. The van der Waals surface area contributed by atoms with Crippen LogP contribution in [0, 0.1) is 0 Å². The molecule has 3 heteroatoms. The molecule has 9 heavy (non-hydrogen) atoms. The number of nitrogens with zero attached hydrogens (tertiary/aromatic N) is 1. The van der Waals surface area contributed by atoms with Crippen LogP contribution in [0.3, 0.4) is 0 Å². The van der Waals surface area contributed by atoms with Crippen molar-refractivity contribution in [3.63, 3.8) is 0 Å². The molecule has 1 fully saturated rings. The summed E-state index contributed by atoms with van der Waals surface area (Å²) in [4.78, 5) is 12.9. The SMILES string of the molecule is C[B]N1CCC(=O)CC1. The third kappa shape index (κ3) is 1.82. The van der Waals surface area contributed by atoms with Crippen LogP contribution in [0.4, 0.5) is 0 Å². The fourth-order valence-corrected chi connectivity index (χ4v) is 1.03. The van der Waals surface area contributed by atoms with Gasteiger partial charge in [0.15, 0.2) is 0 Å². The second-order valence-corrected chi connectivity index (χ2v) is 2.33. The Hall–Kier alpha value is -0.305. The number of carbonyl (C=O) groups is 1. The molecule has 1 rings (SSSR count). The number of rotatable bonds is 1. The number of hydrogen-bond donors (Lipinski definition) is 0. The predicted octanol–water partition coefficient (Wildman–Crippen LogP) is 0.319. The zero-order valence-electron chi connectivity index (χ0n) is 5.76. The molecule has 0 aromatic rings. The molecule has 1 heterocycles. The second-order valence-electron chi connectivity index (χ2n) is 2.33. The van der Waals surface area contributed by atoms with Crippen LogP contribution in [0.2, 0.25) is 6.82 Å². The Balaban J connectivity index is 2.26. The van der Waals surface area contributed by atoms with Gasteiger partial charge in [-0.05, 0) is 13.1 Å². The molecule has 0 bridgehead atoms. The Bertz CT molecular complexity index is 106. The number of piperidine rings is 1. The summed E-state index contributed by atoms with van der Waals surface area (Å²) in [7, 11) is 2.05. The first-order chi connectivity index (χ1) is 4.33. The van der Waals surface area contributed by atoms with Gasteiger partial charge in [-0.15, -0.1) is 0 Å². The molecule has 0 atom stereocenters. The highest BCUT2D eigenvalue weighted by Gasteiger charge is 2.13. The molecule has 0 spiro atoms. The van der Waals surface area contributed by atoms with E-state index in [2.05, 4.69) is 4.81 Å². The van der Waals surface area contributed by atoms with Gasteiger partial charge in [-0.25, -0.2) is 0 Å². The molecule has 1 radical (unpaired) electrons. The smallest absolute Gasteiger partial charge is 0.205 e. The maximum Gasteiger partial charge on any atom is 0.205 e. The van der Waals surface area contributed by atoms with Gasteiger partial charge in [-0.2, -0.15) is 0 Å². The Morgan fingerprint density at radius 1 is 1.44 bits per heavy atom. The zero-order valence-corrected chi connectivity index (χ0v) is 5.76. The fraction of sp³-hybridized carbons (Fsp3) is 0.833. The van der Waals surface area contributed by atoms with E-state index in [-0.39, 0.29) is 0 Å². The lowest BCUT2D eigenvalue weighted by atomic mass is 9.92. The minimum Gasteiger partial charge on any atom is -0.346 e. The first-order valence-electron chi connectivity index (χ1n) is 3.38. The molecule has 1 saturated heterocycles. The van der Waals surface area contributed by atoms with Crippen LogP contribution in [0.1, 0.15) is 12.8 Å². The van der Waals surface area contributed by atoms with Crippen molar-refractivity contribution in [1.29, 1.82) is 0 Å². The first-order valence-corrected chi connectivity index (χ1v) is 3.38. The summed E-state index contributed by atoms with van der Waals surface area (Å²) in [5, 5.41) is 0. The highest BCUT2D eigenvalue weighted by molar-refractivity contribution is 6.30. The van der Waals surface area contributed by atoms with Crippen molar-refractivity contribution in [2.24, 2.45) is 0 Å². The fourth-order valence-electron chi connectivity index (χ4n) is 1.03. The van der Waals surface area contributed by atoms with Crippen molar-refractivity contribution < 1.29 is 4.79 Å². The summed E-state index contributed by atoms with van der Waals surface area (Å²) in [5.74, 6) is 0.410. The van der Waals surface area contributed by atoms with Crippen molar-refractivity contribution in [2.75, 3.05) is 13.1 Å². The standard InChI is InChI=1S/C6H11BNO/c1-7-8-4-2-6(9)3-5-8/h2-5H2,1H3. The van der Waals surface area contributed by atoms with E-state index in [1.807, 2.05) is 14.2 Å². The molecule has 0 amide bonds. The average molecular weight is 124 g/mol. The van der Waals surface area contributed by atoms with E-state index in [0.29, 0.717) is 5.78 Å².